The largest absolute Gasteiger partial charge is 0.331 e. The molecule has 58 heavy (non-hydrogen) atoms. The fourth-order valence-corrected chi connectivity index (χ4v) is 9.34. The number of rotatable bonds is 11. The Morgan fingerprint density at radius 1 is 0.638 bits per heavy atom. The number of nitrogens with one attached hydrogen (secondary N) is 1. The van der Waals surface area contributed by atoms with E-state index in [9.17, 15) is 44.2 Å². The van der Waals surface area contributed by atoms with Crippen molar-refractivity contribution in [2.24, 2.45) is 20.5 Å². The number of benzene rings is 5. The van der Waals surface area contributed by atoms with Crippen LogP contribution in [0.15, 0.2) is 144 Å². The molecule has 4 N–H and O–H groups in total. The van der Waals surface area contributed by atoms with E-state index in [0.717, 1.165) is 40.4 Å². The first kappa shape index (κ1) is 40.1. The summed E-state index contributed by atoms with van der Waals surface area (Å²) >= 11 is 2.05. The Morgan fingerprint density at radius 2 is 1.29 bits per heavy atom. The molecule has 0 aliphatic heterocycles. The summed E-state index contributed by atoms with van der Waals surface area (Å²) in [5, 5.41) is 31.6. The van der Waals surface area contributed by atoms with Crippen LogP contribution in [0.2, 0.25) is 0 Å². The second-order valence-corrected chi connectivity index (χ2v) is 18.4. The molecule has 2 heterocycles. The lowest BCUT2D eigenvalue weighted by atomic mass is 10.0. The third-order valence-corrected chi connectivity index (χ3v) is 12.8. The van der Waals surface area contributed by atoms with Crippen LogP contribution in [0.4, 0.5) is 31.5 Å². The number of fused-ring (bicyclic) bond motifs is 1. The van der Waals surface area contributed by atoms with Crippen molar-refractivity contribution in [2.45, 2.75) is 21.6 Å². The van der Waals surface area contributed by atoms with Gasteiger partial charge in [-0.05, 0) is 55.0 Å². The van der Waals surface area contributed by atoms with E-state index >= 15 is 0 Å². The third-order valence-electron chi connectivity index (χ3n) is 8.33. The molecule has 0 saturated heterocycles. The summed E-state index contributed by atoms with van der Waals surface area (Å²) in [5.41, 5.74) is 3.37. The predicted molar refractivity (Wildman–Crippen MR) is 218 cm³/mol. The molecule has 0 atom stereocenters. The zero-order valence-electron chi connectivity index (χ0n) is 29.4. The van der Waals surface area contributed by atoms with Crippen LogP contribution in [-0.4, -0.2) is 43.9 Å². The average Bonchev–Trinajstić information content (AvgIpc) is 3.75. The van der Waals surface area contributed by atoms with E-state index in [-0.39, 0.29) is 36.9 Å². The molecule has 0 saturated carbocycles. The normalized spacial score (nSPS) is 12.4. The van der Waals surface area contributed by atoms with Crippen LogP contribution in [0.25, 0.3) is 33.2 Å². The van der Waals surface area contributed by atoms with Crippen LogP contribution in [0.3, 0.4) is 0 Å². The molecule has 16 nitrogen and oxygen atoms in total. The minimum absolute atomic E-state index is 0.0818. The Morgan fingerprint density at radius 3 is 1.93 bits per heavy atom. The summed E-state index contributed by atoms with van der Waals surface area (Å²) in [5.74, 6) is 0. The van der Waals surface area contributed by atoms with E-state index in [2.05, 4.69) is 31.8 Å². The highest BCUT2D eigenvalue weighted by atomic mass is 32.2. The second kappa shape index (κ2) is 15.7. The molecule has 0 unspecified atom stereocenters. The van der Waals surface area contributed by atoms with Crippen molar-refractivity contribution in [1.82, 2.24) is 4.98 Å². The van der Waals surface area contributed by atoms with Crippen molar-refractivity contribution in [3.63, 3.8) is 0 Å². The summed E-state index contributed by atoms with van der Waals surface area (Å²) in [6, 6.07) is 29.4. The SMILES string of the molecule is Cc1ccc(-c2nc(Nc3ccc(S(=O)(=O)O)cc3)sc2N=Nc2sc(N=Nc3cc(S(=O)(=O)O)c4cccc(S(=O)(=O)O)c4c3)c(-c3ccccc3)c2C#N)cc1. The highest BCUT2D eigenvalue weighted by Gasteiger charge is 2.24. The lowest BCUT2D eigenvalue weighted by Crippen LogP contribution is -2.03. The Labute approximate surface area is 338 Å². The van der Waals surface area contributed by atoms with Gasteiger partial charge in [0.15, 0.2) is 15.1 Å². The van der Waals surface area contributed by atoms with Gasteiger partial charge in [-0.15, -0.1) is 20.5 Å². The second-order valence-electron chi connectivity index (χ2n) is 12.2. The summed E-state index contributed by atoms with van der Waals surface area (Å²) in [6.45, 7) is 1.93. The molecule has 21 heteroatoms. The Kier molecular flexibility index (Phi) is 10.9. The topological polar surface area (TPSA) is 261 Å². The van der Waals surface area contributed by atoms with Gasteiger partial charge in [0.25, 0.3) is 30.4 Å². The minimum Gasteiger partial charge on any atom is -0.331 e. The number of nitriles is 1. The number of aromatic nitrogens is 1. The van der Waals surface area contributed by atoms with Gasteiger partial charge < -0.3 is 5.32 Å². The van der Waals surface area contributed by atoms with Crippen molar-refractivity contribution in [3.05, 3.63) is 120 Å². The summed E-state index contributed by atoms with van der Waals surface area (Å²) in [6.07, 6.45) is 0. The molecule has 0 radical (unpaired) electrons. The van der Waals surface area contributed by atoms with Crippen molar-refractivity contribution < 1.29 is 38.9 Å². The van der Waals surface area contributed by atoms with E-state index in [1.54, 1.807) is 30.3 Å². The summed E-state index contributed by atoms with van der Waals surface area (Å²) in [4.78, 5) is 3.13. The highest BCUT2D eigenvalue weighted by Crippen LogP contribution is 2.49. The number of azo groups is 2. The van der Waals surface area contributed by atoms with Gasteiger partial charge in [0.05, 0.1) is 10.6 Å². The van der Waals surface area contributed by atoms with Crippen molar-refractivity contribution in [3.8, 4) is 28.5 Å². The van der Waals surface area contributed by atoms with Crippen LogP contribution >= 0.6 is 22.7 Å². The van der Waals surface area contributed by atoms with E-state index in [4.69, 9.17) is 4.98 Å². The lowest BCUT2D eigenvalue weighted by molar-refractivity contribution is 0.481. The van der Waals surface area contributed by atoms with E-state index in [0.29, 0.717) is 38.2 Å². The smallest absolute Gasteiger partial charge is 0.295 e. The Hall–Kier alpha value is -6.09. The molecule has 0 amide bonds. The van der Waals surface area contributed by atoms with Crippen LogP contribution in [0, 0.1) is 18.3 Å². The fraction of sp³-hybridized carbons (Fsp3) is 0.0270. The molecule has 292 valence electrons. The van der Waals surface area contributed by atoms with Gasteiger partial charge >= 0.3 is 0 Å². The lowest BCUT2D eigenvalue weighted by Gasteiger charge is -2.08. The first-order chi connectivity index (χ1) is 27.5. The number of nitrogens with zero attached hydrogens (tertiary/aromatic N) is 6. The number of thiazole rings is 1. The summed E-state index contributed by atoms with van der Waals surface area (Å²) in [7, 11) is -14.2. The zero-order valence-corrected chi connectivity index (χ0v) is 33.5. The molecule has 0 aliphatic carbocycles. The maximum absolute atomic E-state index is 12.4. The van der Waals surface area contributed by atoms with Gasteiger partial charge in [-0.25, -0.2) is 4.98 Å². The van der Waals surface area contributed by atoms with Gasteiger partial charge in [0, 0.05) is 27.6 Å². The molecule has 2 aromatic heterocycles. The fourth-order valence-electron chi connectivity index (χ4n) is 5.69. The van der Waals surface area contributed by atoms with Gasteiger partial charge in [-0.3, -0.25) is 13.7 Å². The minimum atomic E-state index is -4.92. The van der Waals surface area contributed by atoms with Crippen LogP contribution in [0.5, 0.6) is 0 Å². The molecule has 5 aromatic carbocycles. The quantitative estimate of drug-likeness (QED) is 0.0699. The third kappa shape index (κ3) is 8.59. The van der Waals surface area contributed by atoms with Gasteiger partial charge in [-0.2, -0.15) is 30.5 Å². The average molecular weight is 872 g/mol. The number of thiophene rings is 1. The molecule has 0 fully saturated rings. The molecule has 7 aromatic rings. The van der Waals surface area contributed by atoms with Gasteiger partial charge in [-0.1, -0.05) is 95.0 Å². The molecular formula is C37H25N7O9S5. The maximum atomic E-state index is 12.4. The molecule has 7 rings (SSSR count). The van der Waals surface area contributed by atoms with E-state index in [1.807, 2.05) is 31.2 Å². The van der Waals surface area contributed by atoms with Crippen LogP contribution in [0.1, 0.15) is 11.1 Å². The van der Waals surface area contributed by atoms with Crippen LogP contribution in [-0.2, 0) is 30.4 Å². The van der Waals surface area contributed by atoms with E-state index in [1.165, 1.54) is 42.5 Å². The van der Waals surface area contributed by atoms with Gasteiger partial charge in [0.1, 0.15) is 32.1 Å². The Balaban J connectivity index is 1.33. The molecule has 0 spiro atoms. The first-order valence-corrected chi connectivity index (χ1v) is 22.3. The number of hydrogen-bond donors (Lipinski definition) is 4. The maximum Gasteiger partial charge on any atom is 0.295 e. The zero-order chi connectivity index (χ0) is 41.4. The summed E-state index contributed by atoms with van der Waals surface area (Å²) < 4.78 is 101. The molecular weight excluding hydrogens is 847 g/mol. The highest BCUT2D eigenvalue weighted by molar-refractivity contribution is 7.86. The van der Waals surface area contributed by atoms with Crippen molar-refractivity contribution in [2.75, 3.05) is 5.32 Å². The van der Waals surface area contributed by atoms with Gasteiger partial charge in [0.2, 0.25) is 0 Å². The molecule has 0 bridgehead atoms. The Bertz CT molecular complexity index is 3180. The van der Waals surface area contributed by atoms with E-state index < -0.39 is 40.1 Å². The first-order valence-electron chi connectivity index (χ1n) is 16.4. The molecule has 0 aliphatic rings. The number of hydrogen-bond acceptors (Lipinski definition) is 15. The van der Waals surface area contributed by atoms with Crippen molar-refractivity contribution >= 4 is 95.3 Å². The van der Waals surface area contributed by atoms with Crippen LogP contribution < -0.4 is 5.32 Å². The number of anilines is 2. The monoisotopic (exact) mass is 871 g/mol. The predicted octanol–water partition coefficient (Wildman–Crippen LogP) is 10.2. The standard InChI is InChI=1S/C37H25N7O9S5/c1-21-10-12-23(13-11-21)33-36(55-37(40-33)39-24-14-16-26(17-15-24)56(45,46)47)44-42-34-29(20-38)32(22-6-3-2-4-7-22)35(54-34)43-41-25-18-28-27(31(19-25)58(51,52)53)8-5-9-30(28)57(48,49)50/h2-19H,1H3,(H,39,40)(H,45,46,47)(H,48,49,50)(H,51,52,53). The number of aryl methyl sites for hydroxylation is 1. The van der Waals surface area contributed by atoms with Crippen molar-refractivity contribution in [1.29, 1.82) is 5.26 Å².